The highest BCUT2D eigenvalue weighted by atomic mass is 16.3. The molecule has 1 aromatic rings. The number of carbonyl (C=O) groups excluding carboxylic acids is 3. The zero-order valence-corrected chi connectivity index (χ0v) is 20.3. The molecule has 1 fully saturated rings. The number of primary amides is 1. The van der Waals surface area contributed by atoms with Gasteiger partial charge in [-0.3, -0.25) is 19.3 Å². The van der Waals surface area contributed by atoms with Crippen molar-refractivity contribution in [1.82, 2.24) is 4.90 Å². The van der Waals surface area contributed by atoms with Gasteiger partial charge in [-0.25, -0.2) is 0 Å². The number of aliphatic hydroxyl groups excluding tert-OH is 2. The predicted octanol–water partition coefficient (Wildman–Crippen LogP) is 0.941. The number of Topliss-reactive ketones (excluding diaryl/α,β-unsaturated/α-hetero) is 2. The van der Waals surface area contributed by atoms with Gasteiger partial charge in [-0.2, -0.15) is 0 Å². The first-order valence-corrected chi connectivity index (χ1v) is 11.2. The summed E-state index contributed by atoms with van der Waals surface area (Å²) in [6, 6.07) is 0.880. The number of hydrogen-bond donors (Lipinski definition) is 4. The van der Waals surface area contributed by atoms with Gasteiger partial charge in [0.05, 0.1) is 6.04 Å². The zero-order chi connectivity index (χ0) is 25.4. The van der Waals surface area contributed by atoms with Gasteiger partial charge in [0.25, 0.3) is 5.91 Å². The molecular formula is C25H31N3O6. The number of amides is 1. The lowest BCUT2D eigenvalue weighted by molar-refractivity contribution is -0.153. The number of ketones is 2. The number of aryl methyl sites for hydroxylation is 2. The van der Waals surface area contributed by atoms with E-state index in [2.05, 4.69) is 0 Å². The van der Waals surface area contributed by atoms with E-state index in [4.69, 9.17) is 5.73 Å². The van der Waals surface area contributed by atoms with Gasteiger partial charge in [0.1, 0.15) is 17.1 Å². The zero-order valence-electron chi connectivity index (χ0n) is 20.3. The second-order valence-corrected chi connectivity index (χ2v) is 10.1. The fraction of sp³-hybridized carbons (Fsp3) is 0.480. The highest BCUT2D eigenvalue weighted by Gasteiger charge is 2.64. The molecule has 0 aromatic heterocycles. The molecule has 9 nitrogen and oxygen atoms in total. The first-order valence-electron chi connectivity index (χ1n) is 11.2. The van der Waals surface area contributed by atoms with Gasteiger partial charge in [0, 0.05) is 36.8 Å². The number of nitrogens with two attached hydrogens (primary N) is 1. The summed E-state index contributed by atoms with van der Waals surface area (Å²) in [5.41, 5.74) is 6.22. The molecule has 1 aromatic carbocycles. The maximum Gasteiger partial charge on any atom is 0.255 e. The van der Waals surface area contributed by atoms with E-state index < -0.39 is 52.3 Å². The quantitative estimate of drug-likeness (QED) is 0.479. The predicted molar refractivity (Wildman–Crippen MR) is 126 cm³/mol. The Morgan fingerprint density at radius 1 is 1.12 bits per heavy atom. The van der Waals surface area contributed by atoms with Gasteiger partial charge >= 0.3 is 0 Å². The highest BCUT2D eigenvalue weighted by Crippen LogP contribution is 2.53. The van der Waals surface area contributed by atoms with Gasteiger partial charge < -0.3 is 26.0 Å². The van der Waals surface area contributed by atoms with E-state index >= 15 is 0 Å². The number of anilines is 1. The number of carbonyl (C=O) groups is 3. The van der Waals surface area contributed by atoms with Crippen LogP contribution in [0, 0.1) is 25.7 Å². The number of fused-ring (bicyclic) bond motifs is 3. The molecule has 0 saturated heterocycles. The fourth-order valence-corrected chi connectivity index (χ4v) is 6.34. The minimum Gasteiger partial charge on any atom is -0.508 e. The molecule has 1 amide bonds. The normalized spacial score (nSPS) is 28.6. The smallest absolute Gasteiger partial charge is 0.255 e. The third-order valence-electron chi connectivity index (χ3n) is 7.55. The Morgan fingerprint density at radius 3 is 2.26 bits per heavy atom. The average Bonchev–Trinajstić information content (AvgIpc) is 2.69. The van der Waals surface area contributed by atoms with Crippen LogP contribution >= 0.6 is 0 Å². The van der Waals surface area contributed by atoms with Crippen LogP contribution in [0.25, 0.3) is 5.76 Å². The molecule has 182 valence electrons. The van der Waals surface area contributed by atoms with Gasteiger partial charge in [0.15, 0.2) is 11.4 Å². The molecule has 0 aliphatic heterocycles. The Balaban J connectivity index is 2.01. The Morgan fingerprint density at radius 2 is 1.74 bits per heavy atom. The van der Waals surface area contributed by atoms with E-state index in [0.717, 1.165) is 22.4 Å². The molecule has 0 radical (unpaired) electrons. The van der Waals surface area contributed by atoms with Crippen molar-refractivity contribution >= 4 is 28.9 Å². The summed E-state index contributed by atoms with van der Waals surface area (Å²) < 4.78 is 0. The molecule has 2 unspecified atom stereocenters. The minimum atomic E-state index is -2.55. The Hall–Kier alpha value is -3.17. The molecule has 0 heterocycles. The van der Waals surface area contributed by atoms with E-state index in [1.165, 1.54) is 4.90 Å². The van der Waals surface area contributed by atoms with E-state index in [1.54, 1.807) is 14.1 Å². The van der Waals surface area contributed by atoms with Crippen LogP contribution < -0.4 is 10.6 Å². The molecule has 3 aliphatic carbocycles. The lowest BCUT2D eigenvalue weighted by Gasteiger charge is -2.50. The third-order valence-corrected chi connectivity index (χ3v) is 7.55. The molecule has 1 saturated carbocycles. The number of benzene rings is 1. The molecule has 9 heteroatoms. The lowest BCUT2D eigenvalue weighted by Crippen LogP contribution is -2.65. The largest absolute Gasteiger partial charge is 0.508 e. The summed E-state index contributed by atoms with van der Waals surface area (Å²) in [6.07, 6.45) is 0.566. The van der Waals surface area contributed by atoms with Crippen LogP contribution in [-0.4, -0.2) is 77.5 Å². The summed E-state index contributed by atoms with van der Waals surface area (Å²) in [7, 11) is 7.03. The molecule has 4 atom stereocenters. The standard InChI is InChI=1S/C25H31N3O6/c1-10-7-11(2)18(27(3)4)13-8-12-9-14-19(28(5)6)21(30)17(24(26)33)23(32)25(14,34)22(31)16(12)20(29)15(10)13/h7,12,14,19,29,32,34H,8-9H2,1-6H3,(H2,26,33)/t12?,14?,19-,25-/m0/s1. The molecule has 0 spiro atoms. The van der Waals surface area contributed by atoms with Gasteiger partial charge in [0.2, 0.25) is 5.78 Å². The van der Waals surface area contributed by atoms with Crippen LogP contribution in [0.2, 0.25) is 0 Å². The van der Waals surface area contributed by atoms with Crippen molar-refractivity contribution in [3.05, 3.63) is 45.2 Å². The fourth-order valence-electron chi connectivity index (χ4n) is 6.34. The maximum atomic E-state index is 13.8. The molecule has 3 aliphatic rings. The molecule has 34 heavy (non-hydrogen) atoms. The summed E-state index contributed by atoms with van der Waals surface area (Å²) in [6.45, 7) is 3.83. The van der Waals surface area contributed by atoms with Crippen molar-refractivity contribution in [2.45, 2.75) is 38.3 Å². The van der Waals surface area contributed by atoms with Crippen molar-refractivity contribution in [2.75, 3.05) is 33.1 Å². The summed E-state index contributed by atoms with van der Waals surface area (Å²) >= 11 is 0. The van der Waals surface area contributed by atoms with Crippen molar-refractivity contribution in [3.63, 3.8) is 0 Å². The number of nitrogens with zero attached hydrogens (tertiary/aromatic N) is 2. The maximum absolute atomic E-state index is 13.8. The summed E-state index contributed by atoms with van der Waals surface area (Å²) in [5, 5.41) is 33.9. The summed E-state index contributed by atoms with van der Waals surface area (Å²) in [5.74, 6) is -5.63. The van der Waals surface area contributed by atoms with Gasteiger partial charge in [-0.15, -0.1) is 0 Å². The molecule has 0 bridgehead atoms. The second-order valence-electron chi connectivity index (χ2n) is 10.1. The van der Waals surface area contributed by atoms with Crippen molar-refractivity contribution in [3.8, 4) is 0 Å². The molecular weight excluding hydrogens is 438 g/mol. The number of likely N-dealkylation sites (N-methyl/N-ethyl adjacent to an activating group) is 1. The third kappa shape index (κ3) is 2.96. The topological polar surface area (TPSA) is 144 Å². The van der Waals surface area contributed by atoms with Crippen LogP contribution in [0.1, 0.15) is 28.7 Å². The van der Waals surface area contributed by atoms with Crippen LogP contribution in [0.4, 0.5) is 5.69 Å². The van der Waals surface area contributed by atoms with Crippen LogP contribution in [0.3, 0.4) is 0 Å². The first kappa shape index (κ1) is 24.0. The summed E-state index contributed by atoms with van der Waals surface area (Å²) in [4.78, 5) is 42.5. The van der Waals surface area contributed by atoms with Crippen LogP contribution in [-0.2, 0) is 20.8 Å². The average molecular weight is 470 g/mol. The van der Waals surface area contributed by atoms with Crippen molar-refractivity contribution < 1.29 is 29.7 Å². The molecule has 5 N–H and O–H groups in total. The SMILES string of the molecule is Cc1cc(C)c(N(C)C)c2c1C(O)=C1C(=O)[C@]3(O)C(O)=C(C(N)=O)C(=O)[C@@H](N(C)C)C3CC1C2. The van der Waals surface area contributed by atoms with Gasteiger partial charge in [-0.1, -0.05) is 6.07 Å². The number of rotatable bonds is 3. The first-order chi connectivity index (χ1) is 15.7. The minimum absolute atomic E-state index is 0.00475. The number of hydrogen-bond acceptors (Lipinski definition) is 8. The monoisotopic (exact) mass is 469 g/mol. The van der Waals surface area contributed by atoms with E-state index in [-0.39, 0.29) is 17.8 Å². The Kier molecular flexibility index (Phi) is 5.41. The second kappa shape index (κ2) is 7.68. The van der Waals surface area contributed by atoms with Crippen LogP contribution in [0.5, 0.6) is 0 Å². The van der Waals surface area contributed by atoms with Crippen molar-refractivity contribution in [2.24, 2.45) is 17.6 Å². The molecule has 4 rings (SSSR count). The van der Waals surface area contributed by atoms with E-state index in [0.29, 0.717) is 12.0 Å². The van der Waals surface area contributed by atoms with Crippen LogP contribution in [0.15, 0.2) is 23.0 Å². The van der Waals surface area contributed by atoms with Gasteiger partial charge in [-0.05, 0) is 63.4 Å². The number of aliphatic hydroxyl groups is 3. The lowest BCUT2D eigenvalue weighted by atomic mass is 9.57. The Bertz CT molecular complexity index is 1210. The van der Waals surface area contributed by atoms with E-state index in [9.17, 15) is 29.7 Å². The Labute approximate surface area is 198 Å². The van der Waals surface area contributed by atoms with Crippen molar-refractivity contribution in [1.29, 1.82) is 0 Å². The van der Waals surface area contributed by atoms with E-state index in [1.807, 2.05) is 38.9 Å². The highest BCUT2D eigenvalue weighted by molar-refractivity contribution is 6.24.